The zero-order valence-electron chi connectivity index (χ0n) is 11.7. The third-order valence-electron chi connectivity index (χ3n) is 3.79. The number of aromatic nitrogens is 3. The molecule has 1 aliphatic heterocycles. The van der Waals surface area contributed by atoms with Gasteiger partial charge in [-0.05, 0) is 31.0 Å². The first-order valence-electron chi connectivity index (χ1n) is 6.74. The summed E-state index contributed by atoms with van der Waals surface area (Å²) in [4.78, 5) is 17.7. The first-order chi connectivity index (χ1) is 10.4. The van der Waals surface area contributed by atoms with Crippen molar-refractivity contribution in [3.8, 4) is 0 Å². The molecule has 116 valence electrons. The number of fused-ring (bicyclic) bond motifs is 1. The fourth-order valence-corrected chi connectivity index (χ4v) is 2.68. The van der Waals surface area contributed by atoms with E-state index in [0.717, 1.165) is 6.07 Å². The second-order valence-corrected chi connectivity index (χ2v) is 5.09. The molecule has 5 nitrogen and oxygen atoms in total. The van der Waals surface area contributed by atoms with Gasteiger partial charge >= 0.3 is 6.18 Å². The number of hydrogen-bond acceptors (Lipinski definition) is 3. The second kappa shape index (κ2) is 5.11. The molecule has 2 heterocycles. The minimum atomic E-state index is -4.41. The Hall–Kier alpha value is -2.38. The Balaban J connectivity index is 1.93. The number of rotatable bonds is 2. The first kappa shape index (κ1) is 14.6. The number of carbonyl (C=O) groups excluding carboxylic acids is 1. The van der Waals surface area contributed by atoms with Crippen LogP contribution in [0.2, 0.25) is 0 Å². The summed E-state index contributed by atoms with van der Waals surface area (Å²) in [5.41, 5.74) is -0.172. The molecule has 0 saturated carbocycles. The van der Waals surface area contributed by atoms with Gasteiger partial charge < -0.3 is 4.90 Å². The van der Waals surface area contributed by atoms with E-state index < -0.39 is 17.8 Å². The van der Waals surface area contributed by atoms with Crippen molar-refractivity contribution >= 4 is 11.6 Å². The first-order valence-corrected chi connectivity index (χ1v) is 6.74. The molecule has 1 atom stereocenters. The largest absolute Gasteiger partial charge is 0.416 e. The molecule has 0 bridgehead atoms. The predicted octanol–water partition coefficient (Wildman–Crippen LogP) is 2.45. The molecule has 8 heteroatoms. The number of anilines is 1. The highest BCUT2D eigenvalue weighted by molar-refractivity contribution is 5.98. The van der Waals surface area contributed by atoms with Gasteiger partial charge in [0, 0.05) is 12.2 Å². The Labute approximate surface area is 124 Å². The van der Waals surface area contributed by atoms with E-state index in [0.29, 0.717) is 5.69 Å². The van der Waals surface area contributed by atoms with E-state index in [-0.39, 0.29) is 24.4 Å². The van der Waals surface area contributed by atoms with Crippen molar-refractivity contribution in [3.63, 3.8) is 0 Å². The summed E-state index contributed by atoms with van der Waals surface area (Å²) in [6.45, 7) is 1.88. The molecular weight excluding hydrogens is 297 g/mol. The summed E-state index contributed by atoms with van der Waals surface area (Å²) < 4.78 is 40.5. The van der Waals surface area contributed by atoms with Crippen LogP contribution in [0.25, 0.3) is 0 Å². The van der Waals surface area contributed by atoms with Crippen LogP contribution < -0.4 is 4.90 Å². The van der Waals surface area contributed by atoms with Crippen LogP contribution in [0.5, 0.6) is 0 Å². The van der Waals surface area contributed by atoms with Gasteiger partial charge in [0.25, 0.3) is 5.91 Å². The van der Waals surface area contributed by atoms with E-state index in [1.807, 2.05) is 0 Å². The maximum absolute atomic E-state index is 13.0. The van der Waals surface area contributed by atoms with E-state index in [1.54, 1.807) is 13.0 Å². The average Bonchev–Trinajstić information content (AvgIpc) is 3.13. The van der Waals surface area contributed by atoms with Crippen molar-refractivity contribution in [2.45, 2.75) is 25.6 Å². The lowest BCUT2D eigenvalue weighted by atomic mass is 10.0. The monoisotopic (exact) mass is 310 g/mol. The average molecular weight is 310 g/mol. The van der Waals surface area contributed by atoms with E-state index in [1.165, 1.54) is 28.3 Å². The van der Waals surface area contributed by atoms with Crippen molar-refractivity contribution in [1.29, 1.82) is 0 Å². The molecule has 2 aromatic rings. The normalized spacial score (nSPS) is 15.7. The van der Waals surface area contributed by atoms with Gasteiger partial charge in [0.1, 0.15) is 18.7 Å². The minimum absolute atomic E-state index is 0.175. The lowest BCUT2D eigenvalue weighted by molar-refractivity contribution is -0.138. The number of carbonyl (C=O) groups is 1. The molecule has 0 fully saturated rings. The summed E-state index contributed by atoms with van der Waals surface area (Å²) in [5.74, 6) is -0.302. The molecule has 3 rings (SSSR count). The van der Waals surface area contributed by atoms with E-state index in [2.05, 4.69) is 10.1 Å². The van der Waals surface area contributed by atoms with Crippen LogP contribution in [0.1, 0.15) is 24.1 Å². The molecule has 0 saturated heterocycles. The van der Waals surface area contributed by atoms with Crippen LogP contribution in [-0.2, 0) is 17.4 Å². The molecule has 1 aliphatic rings. The molecule has 0 unspecified atom stereocenters. The van der Waals surface area contributed by atoms with Gasteiger partial charge in [-0.15, -0.1) is 0 Å². The molecule has 1 aromatic carbocycles. The quantitative estimate of drug-likeness (QED) is 0.856. The van der Waals surface area contributed by atoms with Crippen molar-refractivity contribution in [2.24, 2.45) is 0 Å². The second-order valence-electron chi connectivity index (χ2n) is 5.09. The smallest absolute Gasteiger partial charge is 0.310 e. The number of alkyl halides is 3. The van der Waals surface area contributed by atoms with Crippen molar-refractivity contribution in [3.05, 3.63) is 42.0 Å². The van der Waals surface area contributed by atoms with Crippen molar-refractivity contribution in [1.82, 2.24) is 14.8 Å². The number of benzene rings is 1. The van der Waals surface area contributed by atoms with Crippen LogP contribution in [0.4, 0.5) is 18.9 Å². The van der Waals surface area contributed by atoms with Crippen molar-refractivity contribution < 1.29 is 18.0 Å². The number of nitrogens with zero attached hydrogens (tertiary/aromatic N) is 4. The molecule has 0 aliphatic carbocycles. The van der Waals surface area contributed by atoms with Crippen LogP contribution in [0.3, 0.4) is 0 Å². The maximum atomic E-state index is 13.0. The van der Waals surface area contributed by atoms with E-state index in [4.69, 9.17) is 0 Å². The zero-order chi connectivity index (χ0) is 15.9. The minimum Gasteiger partial charge on any atom is -0.310 e. The van der Waals surface area contributed by atoms with Gasteiger partial charge in [-0.25, -0.2) is 9.67 Å². The highest BCUT2D eigenvalue weighted by Gasteiger charge is 2.38. The third-order valence-corrected chi connectivity index (χ3v) is 3.79. The predicted molar refractivity (Wildman–Crippen MR) is 72.2 cm³/mol. The molecule has 22 heavy (non-hydrogen) atoms. The van der Waals surface area contributed by atoms with Gasteiger partial charge in [-0.1, -0.05) is 6.07 Å². The van der Waals surface area contributed by atoms with Gasteiger partial charge in [0.2, 0.25) is 0 Å². The highest BCUT2D eigenvalue weighted by atomic mass is 19.4. The lowest BCUT2D eigenvalue weighted by Crippen LogP contribution is -2.35. The van der Waals surface area contributed by atoms with Gasteiger partial charge in [0.15, 0.2) is 0 Å². The number of amides is 1. The molecule has 0 spiro atoms. The van der Waals surface area contributed by atoms with Crippen LogP contribution in [-0.4, -0.2) is 27.2 Å². The molecular formula is C14H13F3N4O. The SMILES string of the molecule is C[C@@H](C(=O)N1CCc2c1cccc2C(F)(F)F)n1cncn1. The molecule has 0 radical (unpaired) electrons. The van der Waals surface area contributed by atoms with E-state index >= 15 is 0 Å². The highest BCUT2D eigenvalue weighted by Crippen LogP contribution is 2.39. The summed E-state index contributed by atoms with van der Waals surface area (Å²) in [7, 11) is 0. The topological polar surface area (TPSA) is 51.0 Å². The fraction of sp³-hybridized carbons (Fsp3) is 0.357. The summed E-state index contributed by atoms with van der Waals surface area (Å²) in [6.07, 6.45) is -1.50. The fourth-order valence-electron chi connectivity index (χ4n) is 2.68. The number of hydrogen-bond donors (Lipinski definition) is 0. The van der Waals surface area contributed by atoms with Crippen LogP contribution in [0.15, 0.2) is 30.9 Å². The summed E-state index contributed by atoms with van der Waals surface area (Å²) in [6, 6.07) is 3.30. The Bertz CT molecular complexity index is 697. The van der Waals surface area contributed by atoms with Crippen LogP contribution >= 0.6 is 0 Å². The Morgan fingerprint density at radius 2 is 2.14 bits per heavy atom. The van der Waals surface area contributed by atoms with Gasteiger partial charge in [-0.2, -0.15) is 18.3 Å². The van der Waals surface area contributed by atoms with Crippen LogP contribution in [0, 0.1) is 0 Å². The van der Waals surface area contributed by atoms with Gasteiger partial charge in [-0.3, -0.25) is 4.79 Å². The van der Waals surface area contributed by atoms with E-state index in [9.17, 15) is 18.0 Å². The third kappa shape index (κ3) is 2.34. The Morgan fingerprint density at radius 3 is 2.77 bits per heavy atom. The number of halogens is 3. The summed E-state index contributed by atoms with van der Waals surface area (Å²) >= 11 is 0. The standard InChI is InChI=1S/C14H13F3N4O/c1-9(21-8-18-7-19-21)13(22)20-6-5-10-11(14(15,16)17)3-2-4-12(10)20/h2-4,7-9H,5-6H2,1H3/t9-/m0/s1. The van der Waals surface area contributed by atoms with Gasteiger partial charge in [0.05, 0.1) is 5.56 Å². The zero-order valence-corrected chi connectivity index (χ0v) is 11.7. The van der Waals surface area contributed by atoms with Crippen molar-refractivity contribution in [2.75, 3.05) is 11.4 Å². The molecule has 0 N–H and O–H groups in total. The molecule has 1 amide bonds. The lowest BCUT2D eigenvalue weighted by Gasteiger charge is -2.22. The molecule has 1 aromatic heterocycles. The Kier molecular flexibility index (Phi) is 3.38. The maximum Gasteiger partial charge on any atom is 0.416 e. The Morgan fingerprint density at radius 1 is 1.36 bits per heavy atom. The summed E-state index contributed by atoms with van der Waals surface area (Å²) in [5, 5.41) is 3.90.